The van der Waals surface area contributed by atoms with E-state index in [9.17, 15) is 14.9 Å². The number of nitro groups is 1. The molecule has 0 saturated carbocycles. The first kappa shape index (κ1) is 18.5. The molecular weight excluding hydrogens is 354 g/mol. The first-order valence-electron chi connectivity index (χ1n) is 9.99. The zero-order valence-corrected chi connectivity index (χ0v) is 15.8. The summed E-state index contributed by atoms with van der Waals surface area (Å²) in [7, 11) is 0. The molecule has 4 rings (SSSR count). The van der Waals surface area contributed by atoms with Gasteiger partial charge in [-0.2, -0.15) is 0 Å². The van der Waals surface area contributed by atoms with E-state index in [1.54, 1.807) is 12.1 Å². The molecule has 0 aliphatic carbocycles. The predicted octanol–water partition coefficient (Wildman–Crippen LogP) is 3.48. The van der Waals surface area contributed by atoms with Crippen LogP contribution in [0.25, 0.3) is 0 Å². The van der Waals surface area contributed by atoms with Crippen molar-refractivity contribution in [3.8, 4) is 0 Å². The fourth-order valence-electron chi connectivity index (χ4n) is 4.55. The van der Waals surface area contributed by atoms with Crippen molar-refractivity contribution in [1.29, 1.82) is 0 Å². The van der Waals surface area contributed by atoms with Crippen molar-refractivity contribution in [2.24, 2.45) is 5.92 Å². The van der Waals surface area contributed by atoms with E-state index in [0.29, 0.717) is 13.0 Å². The Morgan fingerprint density at radius 3 is 2.79 bits per heavy atom. The van der Waals surface area contributed by atoms with Gasteiger partial charge in [-0.3, -0.25) is 14.9 Å². The molecule has 6 nitrogen and oxygen atoms in total. The molecule has 1 N–H and O–H groups in total. The van der Waals surface area contributed by atoms with E-state index in [4.69, 9.17) is 0 Å². The van der Waals surface area contributed by atoms with Crippen LogP contribution in [0, 0.1) is 16.0 Å². The van der Waals surface area contributed by atoms with Crippen molar-refractivity contribution in [1.82, 2.24) is 5.32 Å². The van der Waals surface area contributed by atoms with Gasteiger partial charge in [-0.1, -0.05) is 30.3 Å². The highest BCUT2D eigenvalue weighted by Gasteiger charge is 2.39. The highest BCUT2D eigenvalue weighted by atomic mass is 16.6. The van der Waals surface area contributed by atoms with Crippen LogP contribution in [0.4, 0.5) is 11.4 Å². The van der Waals surface area contributed by atoms with Gasteiger partial charge in [-0.15, -0.1) is 0 Å². The largest absolute Gasteiger partial charge is 0.368 e. The Morgan fingerprint density at radius 2 is 2.00 bits per heavy atom. The van der Waals surface area contributed by atoms with Crippen LogP contribution >= 0.6 is 0 Å². The Balaban J connectivity index is 1.50. The number of non-ortho nitro benzene ring substituents is 1. The monoisotopic (exact) mass is 379 g/mol. The van der Waals surface area contributed by atoms with Gasteiger partial charge >= 0.3 is 0 Å². The van der Waals surface area contributed by atoms with Gasteiger partial charge in [-0.25, -0.2) is 0 Å². The first-order valence-corrected chi connectivity index (χ1v) is 9.99. The topological polar surface area (TPSA) is 75.5 Å². The number of piperidine rings is 1. The van der Waals surface area contributed by atoms with E-state index in [0.717, 1.165) is 43.5 Å². The molecule has 0 radical (unpaired) electrons. The van der Waals surface area contributed by atoms with E-state index < -0.39 is 0 Å². The SMILES string of the molecule is O=C(NCCc1ccccc1)C1Cc2cc([N+](=O)[O-])ccc2N2CCCCC12. The van der Waals surface area contributed by atoms with Crippen molar-refractivity contribution < 1.29 is 9.72 Å². The van der Waals surface area contributed by atoms with Crippen LogP contribution in [0.5, 0.6) is 0 Å². The van der Waals surface area contributed by atoms with Crippen LogP contribution in [-0.4, -0.2) is 30.0 Å². The lowest BCUT2D eigenvalue weighted by Crippen LogP contribution is -2.53. The number of nitrogens with one attached hydrogen (secondary N) is 1. The average molecular weight is 379 g/mol. The molecule has 2 aromatic rings. The van der Waals surface area contributed by atoms with Gasteiger partial charge in [0, 0.05) is 37.0 Å². The summed E-state index contributed by atoms with van der Waals surface area (Å²) in [6.45, 7) is 1.51. The van der Waals surface area contributed by atoms with Crippen molar-refractivity contribution >= 4 is 17.3 Å². The van der Waals surface area contributed by atoms with Crippen LogP contribution in [0.3, 0.4) is 0 Å². The summed E-state index contributed by atoms with van der Waals surface area (Å²) < 4.78 is 0. The molecule has 2 unspecified atom stereocenters. The van der Waals surface area contributed by atoms with Crippen LogP contribution in [0.2, 0.25) is 0 Å². The van der Waals surface area contributed by atoms with E-state index in [2.05, 4.69) is 22.3 Å². The fraction of sp³-hybridized carbons (Fsp3) is 0.409. The van der Waals surface area contributed by atoms with Crippen molar-refractivity contribution in [3.63, 3.8) is 0 Å². The Kier molecular flexibility index (Phi) is 5.28. The summed E-state index contributed by atoms with van der Waals surface area (Å²) >= 11 is 0. The molecular formula is C22H25N3O3. The molecule has 2 aliphatic heterocycles. The minimum Gasteiger partial charge on any atom is -0.368 e. The molecule has 2 aliphatic rings. The van der Waals surface area contributed by atoms with Gasteiger partial charge in [0.25, 0.3) is 5.69 Å². The lowest BCUT2D eigenvalue weighted by molar-refractivity contribution is -0.384. The van der Waals surface area contributed by atoms with E-state index >= 15 is 0 Å². The smallest absolute Gasteiger partial charge is 0.269 e. The van der Waals surface area contributed by atoms with E-state index in [1.807, 2.05) is 24.3 Å². The number of anilines is 1. The molecule has 1 saturated heterocycles. The second kappa shape index (κ2) is 8.00. The third-order valence-corrected chi connectivity index (χ3v) is 5.93. The molecule has 0 bridgehead atoms. The summed E-state index contributed by atoms with van der Waals surface area (Å²) in [5, 5.41) is 14.3. The number of amides is 1. The molecule has 28 heavy (non-hydrogen) atoms. The maximum absolute atomic E-state index is 13.0. The van der Waals surface area contributed by atoms with E-state index in [1.165, 1.54) is 5.56 Å². The quantitative estimate of drug-likeness (QED) is 0.637. The molecule has 1 amide bonds. The zero-order chi connectivity index (χ0) is 19.5. The number of nitro benzene ring substituents is 1. The molecule has 1 fully saturated rings. The maximum atomic E-state index is 13.0. The van der Waals surface area contributed by atoms with Crippen LogP contribution in [0.15, 0.2) is 48.5 Å². The van der Waals surface area contributed by atoms with Gasteiger partial charge in [0.15, 0.2) is 0 Å². The summed E-state index contributed by atoms with van der Waals surface area (Å²) in [6.07, 6.45) is 4.57. The minimum absolute atomic E-state index is 0.0602. The van der Waals surface area contributed by atoms with Crippen molar-refractivity contribution in [2.45, 2.75) is 38.1 Å². The second-order valence-electron chi connectivity index (χ2n) is 7.66. The average Bonchev–Trinajstić information content (AvgIpc) is 2.73. The molecule has 0 aromatic heterocycles. The Hall–Kier alpha value is -2.89. The number of nitrogens with zero attached hydrogens (tertiary/aromatic N) is 2. The molecule has 6 heteroatoms. The number of carbonyl (C=O) groups is 1. The lowest BCUT2D eigenvalue weighted by Gasteiger charge is -2.45. The molecule has 146 valence electrons. The van der Waals surface area contributed by atoms with Gasteiger partial charge in [-0.05, 0) is 49.3 Å². The van der Waals surface area contributed by atoms with Crippen molar-refractivity contribution in [2.75, 3.05) is 18.0 Å². The Morgan fingerprint density at radius 1 is 1.18 bits per heavy atom. The third-order valence-electron chi connectivity index (χ3n) is 5.93. The number of carbonyl (C=O) groups excluding carboxylic acids is 1. The summed E-state index contributed by atoms with van der Waals surface area (Å²) in [4.78, 5) is 26.1. The molecule has 0 spiro atoms. The molecule has 2 heterocycles. The summed E-state index contributed by atoms with van der Waals surface area (Å²) in [6, 6.07) is 15.4. The van der Waals surface area contributed by atoms with Gasteiger partial charge in [0.1, 0.15) is 0 Å². The van der Waals surface area contributed by atoms with Crippen LogP contribution in [-0.2, 0) is 17.6 Å². The fourth-order valence-corrected chi connectivity index (χ4v) is 4.55. The maximum Gasteiger partial charge on any atom is 0.269 e. The number of hydrogen-bond acceptors (Lipinski definition) is 4. The number of fused-ring (bicyclic) bond motifs is 3. The predicted molar refractivity (Wildman–Crippen MR) is 108 cm³/mol. The summed E-state index contributed by atoms with van der Waals surface area (Å²) in [5.74, 6) is -0.101. The highest BCUT2D eigenvalue weighted by molar-refractivity contribution is 5.82. The lowest BCUT2D eigenvalue weighted by atomic mass is 9.80. The second-order valence-corrected chi connectivity index (χ2v) is 7.66. The normalized spacial score (nSPS) is 20.8. The van der Waals surface area contributed by atoms with Crippen molar-refractivity contribution in [3.05, 3.63) is 69.8 Å². The number of hydrogen-bond donors (Lipinski definition) is 1. The standard InChI is InChI=1S/C22H25N3O3/c26-22(23-12-11-16-6-2-1-3-7-16)19-15-17-14-18(25(27)28)9-10-20(17)24-13-5-4-8-21(19)24/h1-3,6-7,9-10,14,19,21H,4-5,8,11-13,15H2,(H,23,26). The Labute approximate surface area is 164 Å². The summed E-state index contributed by atoms with van der Waals surface area (Å²) in [5.41, 5.74) is 3.27. The highest BCUT2D eigenvalue weighted by Crippen LogP contribution is 2.39. The van der Waals surface area contributed by atoms with Gasteiger partial charge in [0.2, 0.25) is 5.91 Å². The van der Waals surface area contributed by atoms with E-state index in [-0.39, 0.29) is 28.5 Å². The third kappa shape index (κ3) is 3.72. The Bertz CT molecular complexity index is 869. The first-order chi connectivity index (χ1) is 13.6. The molecule has 2 atom stereocenters. The minimum atomic E-state index is -0.364. The zero-order valence-electron chi connectivity index (χ0n) is 15.8. The molecule has 2 aromatic carbocycles. The number of benzene rings is 2. The van der Waals surface area contributed by atoms with Gasteiger partial charge in [0.05, 0.1) is 10.8 Å². The van der Waals surface area contributed by atoms with Gasteiger partial charge < -0.3 is 10.2 Å². The van der Waals surface area contributed by atoms with Crippen LogP contribution in [0.1, 0.15) is 30.4 Å². The number of rotatable bonds is 5. The van der Waals surface area contributed by atoms with Crippen LogP contribution < -0.4 is 10.2 Å².